The normalized spacial score (nSPS) is 25.2. The van der Waals surface area contributed by atoms with E-state index in [0.29, 0.717) is 25.3 Å². The van der Waals surface area contributed by atoms with Crippen LogP contribution in [-0.2, 0) is 10.0 Å². The minimum atomic E-state index is -3.52. The van der Waals surface area contributed by atoms with Crippen LogP contribution >= 0.6 is 0 Å². The predicted octanol–water partition coefficient (Wildman–Crippen LogP) is 1.34. The van der Waals surface area contributed by atoms with Crippen molar-refractivity contribution in [2.75, 3.05) is 13.1 Å². The summed E-state index contributed by atoms with van der Waals surface area (Å²) in [6.45, 7) is 6.59. The fraction of sp³-hybridized carbons (Fsp3) is 0.667. The van der Waals surface area contributed by atoms with E-state index < -0.39 is 10.0 Å². The van der Waals surface area contributed by atoms with Crippen molar-refractivity contribution in [3.63, 3.8) is 0 Å². The van der Waals surface area contributed by atoms with Crippen LogP contribution in [0.3, 0.4) is 0 Å². The second-order valence-corrected chi connectivity index (χ2v) is 7.46. The smallest absolute Gasteiger partial charge is 0.276 e. The van der Waals surface area contributed by atoms with E-state index in [1.807, 2.05) is 13.8 Å². The van der Waals surface area contributed by atoms with Gasteiger partial charge in [0.15, 0.2) is 0 Å². The van der Waals surface area contributed by atoms with E-state index >= 15 is 0 Å². The fourth-order valence-electron chi connectivity index (χ4n) is 2.21. The Hall–Kier alpha value is -0.850. The van der Waals surface area contributed by atoms with Gasteiger partial charge in [-0.15, -0.1) is 0 Å². The Morgan fingerprint density at radius 3 is 2.61 bits per heavy atom. The van der Waals surface area contributed by atoms with Gasteiger partial charge in [0.05, 0.1) is 0 Å². The van der Waals surface area contributed by atoms with E-state index in [2.05, 4.69) is 0 Å². The van der Waals surface area contributed by atoms with Crippen molar-refractivity contribution in [3.05, 3.63) is 17.9 Å². The van der Waals surface area contributed by atoms with E-state index in [4.69, 9.17) is 10.2 Å². The van der Waals surface area contributed by atoms with Gasteiger partial charge in [0.2, 0.25) is 5.09 Å². The molecule has 0 bridgehead atoms. The lowest BCUT2D eigenvalue weighted by atomic mass is 9.81. The Balaban J connectivity index is 2.27. The highest BCUT2D eigenvalue weighted by Gasteiger charge is 2.39. The van der Waals surface area contributed by atoms with Gasteiger partial charge in [-0.25, -0.2) is 8.42 Å². The Morgan fingerprint density at radius 2 is 2.11 bits per heavy atom. The van der Waals surface area contributed by atoms with Gasteiger partial charge in [-0.1, -0.05) is 13.8 Å². The standard InChI is InChI=1S/C12H20N2O3S/c1-9-4-5-11(17-9)18(15,16)14-7-6-10(13)12(2,3)8-14/h4-5,10H,6-8,13H2,1-3H3. The summed E-state index contributed by atoms with van der Waals surface area (Å²) in [6.07, 6.45) is 0.673. The quantitative estimate of drug-likeness (QED) is 0.881. The topological polar surface area (TPSA) is 76.5 Å². The molecule has 1 aliphatic heterocycles. The third-order valence-corrected chi connectivity index (χ3v) is 5.31. The van der Waals surface area contributed by atoms with Crippen molar-refractivity contribution in [1.29, 1.82) is 0 Å². The second kappa shape index (κ2) is 4.36. The number of piperidine rings is 1. The SMILES string of the molecule is Cc1ccc(S(=O)(=O)N2CCC(N)C(C)(C)C2)o1. The molecule has 0 aliphatic carbocycles. The first-order valence-corrected chi connectivity index (χ1v) is 7.50. The van der Waals surface area contributed by atoms with E-state index in [1.165, 1.54) is 10.4 Å². The summed E-state index contributed by atoms with van der Waals surface area (Å²) in [5, 5.41) is 0.0197. The molecule has 0 radical (unpaired) electrons. The van der Waals surface area contributed by atoms with Crippen LogP contribution in [0.2, 0.25) is 0 Å². The van der Waals surface area contributed by atoms with Gasteiger partial charge in [0.1, 0.15) is 5.76 Å². The number of hydrogen-bond donors (Lipinski definition) is 1. The lowest BCUT2D eigenvalue weighted by molar-refractivity contribution is 0.154. The fourth-order valence-corrected chi connectivity index (χ4v) is 3.79. The third kappa shape index (κ3) is 2.32. The highest BCUT2D eigenvalue weighted by Crippen LogP contribution is 2.31. The first-order chi connectivity index (χ1) is 8.23. The van der Waals surface area contributed by atoms with E-state index in [1.54, 1.807) is 13.0 Å². The maximum Gasteiger partial charge on any atom is 0.276 e. The highest BCUT2D eigenvalue weighted by molar-refractivity contribution is 7.89. The molecule has 1 fully saturated rings. The lowest BCUT2D eigenvalue weighted by Crippen LogP contribution is -2.53. The average Bonchev–Trinajstić information content (AvgIpc) is 2.69. The Kier molecular flexibility index (Phi) is 3.29. The highest BCUT2D eigenvalue weighted by atomic mass is 32.2. The number of rotatable bonds is 2. The van der Waals surface area contributed by atoms with Crippen LogP contribution in [0.4, 0.5) is 0 Å². The van der Waals surface area contributed by atoms with Gasteiger partial charge in [0.25, 0.3) is 10.0 Å². The molecule has 2 rings (SSSR count). The largest absolute Gasteiger partial charge is 0.449 e. The number of nitrogens with two attached hydrogens (primary N) is 1. The third-order valence-electron chi connectivity index (χ3n) is 3.59. The van der Waals surface area contributed by atoms with Crippen LogP contribution in [0.5, 0.6) is 0 Å². The number of furan rings is 1. The molecule has 1 aromatic rings. The molecule has 2 N–H and O–H groups in total. The van der Waals surface area contributed by atoms with Gasteiger partial charge in [-0.2, -0.15) is 4.31 Å². The maximum atomic E-state index is 12.4. The Morgan fingerprint density at radius 1 is 1.44 bits per heavy atom. The molecule has 2 heterocycles. The molecule has 102 valence electrons. The summed E-state index contributed by atoms with van der Waals surface area (Å²) in [4.78, 5) is 0. The molecule has 1 saturated heterocycles. The Labute approximate surface area is 108 Å². The molecule has 0 aromatic carbocycles. The maximum absolute atomic E-state index is 12.4. The summed E-state index contributed by atoms with van der Waals surface area (Å²) in [6, 6.07) is 3.20. The van der Waals surface area contributed by atoms with Crippen molar-refractivity contribution in [1.82, 2.24) is 4.31 Å². The van der Waals surface area contributed by atoms with Crippen LogP contribution in [-0.4, -0.2) is 31.9 Å². The van der Waals surface area contributed by atoms with Gasteiger partial charge in [-0.3, -0.25) is 0 Å². The van der Waals surface area contributed by atoms with E-state index in [9.17, 15) is 8.42 Å². The number of hydrogen-bond acceptors (Lipinski definition) is 4. The van der Waals surface area contributed by atoms with Crippen molar-refractivity contribution >= 4 is 10.0 Å². The molecule has 1 aromatic heterocycles. The zero-order valence-corrected chi connectivity index (χ0v) is 11.8. The monoisotopic (exact) mass is 272 g/mol. The summed E-state index contributed by atoms with van der Waals surface area (Å²) >= 11 is 0. The predicted molar refractivity (Wildman–Crippen MR) is 68.6 cm³/mol. The first-order valence-electron chi connectivity index (χ1n) is 6.06. The molecule has 0 amide bonds. The molecule has 1 unspecified atom stereocenters. The first kappa shape index (κ1) is 13.6. The second-order valence-electron chi connectivity index (χ2n) is 5.59. The van der Waals surface area contributed by atoms with Gasteiger partial charge >= 0.3 is 0 Å². The average molecular weight is 272 g/mol. The molecular weight excluding hydrogens is 252 g/mol. The van der Waals surface area contributed by atoms with Gasteiger partial charge in [0, 0.05) is 19.1 Å². The lowest BCUT2D eigenvalue weighted by Gasteiger charge is -2.41. The molecule has 1 aliphatic rings. The molecule has 5 nitrogen and oxygen atoms in total. The van der Waals surface area contributed by atoms with E-state index in [-0.39, 0.29) is 16.5 Å². The summed E-state index contributed by atoms with van der Waals surface area (Å²) in [5.74, 6) is 0.599. The van der Waals surface area contributed by atoms with Gasteiger partial charge in [-0.05, 0) is 30.9 Å². The molecule has 0 saturated carbocycles. The Bertz CT molecular complexity index is 533. The van der Waals surface area contributed by atoms with Crippen molar-refractivity contribution < 1.29 is 12.8 Å². The van der Waals surface area contributed by atoms with Crippen LogP contribution in [0.15, 0.2) is 21.6 Å². The number of sulfonamides is 1. The van der Waals surface area contributed by atoms with Crippen LogP contribution in [0.1, 0.15) is 26.0 Å². The zero-order chi connectivity index (χ0) is 13.6. The molecule has 1 atom stereocenters. The molecule has 6 heteroatoms. The summed E-state index contributed by atoms with van der Waals surface area (Å²) in [7, 11) is -3.52. The zero-order valence-electron chi connectivity index (χ0n) is 11.0. The minimum absolute atomic E-state index is 0.0197. The number of nitrogens with zero attached hydrogens (tertiary/aromatic N) is 1. The molecule has 18 heavy (non-hydrogen) atoms. The van der Waals surface area contributed by atoms with Crippen LogP contribution < -0.4 is 5.73 Å². The van der Waals surface area contributed by atoms with Crippen molar-refractivity contribution in [3.8, 4) is 0 Å². The number of aryl methyl sites for hydroxylation is 1. The minimum Gasteiger partial charge on any atom is -0.449 e. The van der Waals surface area contributed by atoms with Crippen molar-refractivity contribution in [2.45, 2.75) is 38.3 Å². The van der Waals surface area contributed by atoms with E-state index in [0.717, 1.165) is 0 Å². The molecule has 0 spiro atoms. The summed E-state index contributed by atoms with van der Waals surface area (Å²) < 4.78 is 31.5. The van der Waals surface area contributed by atoms with Gasteiger partial charge < -0.3 is 10.2 Å². The van der Waals surface area contributed by atoms with Crippen LogP contribution in [0.25, 0.3) is 0 Å². The molecular formula is C12H20N2O3S. The summed E-state index contributed by atoms with van der Waals surface area (Å²) in [5.41, 5.74) is 5.80. The van der Waals surface area contributed by atoms with Crippen molar-refractivity contribution in [2.24, 2.45) is 11.1 Å². The van der Waals surface area contributed by atoms with Crippen LogP contribution in [0, 0.1) is 12.3 Å².